The average Bonchev–Trinajstić information content (AvgIpc) is 3.31. The van der Waals surface area contributed by atoms with Gasteiger partial charge in [0.05, 0.1) is 12.2 Å². The normalized spacial score (nSPS) is 11.4. The number of nitrogens with one attached hydrogen (secondary N) is 1. The van der Waals surface area contributed by atoms with Crippen molar-refractivity contribution in [1.29, 1.82) is 0 Å². The van der Waals surface area contributed by atoms with E-state index in [4.69, 9.17) is 5.73 Å². The van der Waals surface area contributed by atoms with Gasteiger partial charge in [-0.3, -0.25) is 9.67 Å². The molecule has 27 heavy (non-hydrogen) atoms. The first kappa shape index (κ1) is 15.4. The SMILES string of the molecule is Nc1cc(Cc2ccn(Cc3ccc4cnccc4c3)n2)c2n[nH]nc2n1. The van der Waals surface area contributed by atoms with Crippen LogP contribution in [0.25, 0.3) is 21.9 Å². The van der Waals surface area contributed by atoms with Gasteiger partial charge in [-0.25, -0.2) is 4.98 Å². The summed E-state index contributed by atoms with van der Waals surface area (Å²) in [6, 6.07) is 12.2. The number of rotatable bonds is 4. The Balaban J connectivity index is 1.39. The molecule has 4 heterocycles. The minimum atomic E-state index is 0.427. The smallest absolute Gasteiger partial charge is 0.203 e. The second-order valence-electron chi connectivity index (χ2n) is 6.44. The van der Waals surface area contributed by atoms with Gasteiger partial charge >= 0.3 is 0 Å². The van der Waals surface area contributed by atoms with E-state index in [9.17, 15) is 0 Å². The van der Waals surface area contributed by atoms with E-state index in [1.165, 1.54) is 10.9 Å². The fraction of sp³-hybridized carbons (Fsp3) is 0.105. The monoisotopic (exact) mass is 356 g/mol. The molecule has 1 aromatic carbocycles. The minimum Gasteiger partial charge on any atom is -0.384 e. The molecule has 0 radical (unpaired) electrons. The third kappa shape index (κ3) is 2.97. The second-order valence-corrected chi connectivity index (χ2v) is 6.44. The molecule has 5 aromatic rings. The maximum absolute atomic E-state index is 5.87. The molecule has 3 N–H and O–H groups in total. The van der Waals surface area contributed by atoms with E-state index in [0.717, 1.165) is 22.2 Å². The summed E-state index contributed by atoms with van der Waals surface area (Å²) in [7, 11) is 0. The molecule has 4 aromatic heterocycles. The van der Waals surface area contributed by atoms with E-state index in [-0.39, 0.29) is 0 Å². The molecular weight excluding hydrogens is 340 g/mol. The summed E-state index contributed by atoms with van der Waals surface area (Å²) in [5.74, 6) is 0.427. The molecule has 0 bridgehead atoms. The molecule has 0 aliphatic carbocycles. The van der Waals surface area contributed by atoms with Gasteiger partial charge in [0, 0.05) is 30.4 Å². The van der Waals surface area contributed by atoms with Crippen LogP contribution in [-0.2, 0) is 13.0 Å². The molecule has 0 aliphatic heterocycles. The zero-order chi connectivity index (χ0) is 18.2. The average molecular weight is 356 g/mol. The standard InChI is InChI=1S/C19H16N8/c20-17-9-15(18-19(22-17)24-26-23-18)8-16-4-6-27(25-16)11-12-1-2-14-10-21-5-3-13(14)7-12/h1-7,9-10H,8,11H2,(H3,20,22,23,24,26). The topological polar surface area (TPSA) is 111 Å². The first-order valence-electron chi connectivity index (χ1n) is 8.55. The number of benzene rings is 1. The van der Waals surface area contributed by atoms with Crippen molar-refractivity contribution in [3.8, 4) is 0 Å². The van der Waals surface area contributed by atoms with Crippen LogP contribution in [0.5, 0.6) is 0 Å². The van der Waals surface area contributed by atoms with Crippen LogP contribution in [0.3, 0.4) is 0 Å². The zero-order valence-corrected chi connectivity index (χ0v) is 14.4. The van der Waals surface area contributed by atoms with E-state index in [1.807, 2.05) is 41.5 Å². The Labute approximate surface area is 154 Å². The summed E-state index contributed by atoms with van der Waals surface area (Å²) >= 11 is 0. The van der Waals surface area contributed by atoms with E-state index in [0.29, 0.717) is 24.4 Å². The van der Waals surface area contributed by atoms with Crippen molar-refractivity contribution in [1.82, 2.24) is 35.2 Å². The van der Waals surface area contributed by atoms with E-state index < -0.39 is 0 Å². The van der Waals surface area contributed by atoms with Crippen molar-refractivity contribution >= 4 is 27.8 Å². The summed E-state index contributed by atoms with van der Waals surface area (Å²) in [5.41, 5.74) is 10.2. The molecule has 0 aliphatic rings. The number of aromatic nitrogens is 7. The quantitative estimate of drug-likeness (QED) is 0.511. The van der Waals surface area contributed by atoms with Crippen LogP contribution < -0.4 is 5.73 Å². The van der Waals surface area contributed by atoms with Gasteiger partial charge in [0.2, 0.25) is 5.65 Å². The van der Waals surface area contributed by atoms with Gasteiger partial charge in [-0.2, -0.15) is 15.4 Å². The summed E-state index contributed by atoms with van der Waals surface area (Å²) in [6.07, 6.45) is 6.28. The first-order valence-corrected chi connectivity index (χ1v) is 8.55. The maximum atomic E-state index is 5.87. The number of hydrogen-bond donors (Lipinski definition) is 2. The number of H-pyrrole nitrogens is 1. The third-order valence-electron chi connectivity index (χ3n) is 4.51. The Hall–Kier alpha value is -3.81. The number of hydrogen-bond acceptors (Lipinski definition) is 6. The fourth-order valence-corrected chi connectivity index (χ4v) is 3.25. The van der Waals surface area contributed by atoms with Crippen molar-refractivity contribution in [2.45, 2.75) is 13.0 Å². The van der Waals surface area contributed by atoms with Gasteiger partial charge < -0.3 is 5.73 Å². The number of anilines is 1. The fourth-order valence-electron chi connectivity index (χ4n) is 3.25. The van der Waals surface area contributed by atoms with Gasteiger partial charge in [-0.15, -0.1) is 5.10 Å². The Morgan fingerprint density at radius 2 is 2.00 bits per heavy atom. The number of aromatic amines is 1. The predicted octanol–water partition coefficient (Wildman–Crippen LogP) is 2.32. The van der Waals surface area contributed by atoms with Crippen LogP contribution in [0.1, 0.15) is 16.8 Å². The maximum Gasteiger partial charge on any atom is 0.203 e. The molecule has 0 fully saturated rings. The molecule has 0 saturated carbocycles. The van der Waals surface area contributed by atoms with Crippen molar-refractivity contribution < 1.29 is 0 Å². The lowest BCUT2D eigenvalue weighted by atomic mass is 10.1. The van der Waals surface area contributed by atoms with Crippen molar-refractivity contribution in [2.75, 3.05) is 5.73 Å². The molecule has 0 saturated heterocycles. The predicted molar refractivity (Wildman–Crippen MR) is 102 cm³/mol. The Morgan fingerprint density at radius 1 is 1.04 bits per heavy atom. The summed E-state index contributed by atoms with van der Waals surface area (Å²) < 4.78 is 1.93. The van der Waals surface area contributed by atoms with Crippen molar-refractivity contribution in [3.05, 3.63) is 71.8 Å². The highest BCUT2D eigenvalue weighted by Crippen LogP contribution is 2.19. The van der Waals surface area contributed by atoms with Gasteiger partial charge in [0.15, 0.2) is 0 Å². The number of nitrogens with two attached hydrogens (primary N) is 1. The van der Waals surface area contributed by atoms with Crippen molar-refractivity contribution in [2.24, 2.45) is 0 Å². The first-order chi connectivity index (χ1) is 13.2. The molecule has 0 unspecified atom stereocenters. The van der Waals surface area contributed by atoms with Crippen LogP contribution in [0.2, 0.25) is 0 Å². The molecule has 0 spiro atoms. The highest BCUT2D eigenvalue weighted by Gasteiger charge is 2.11. The summed E-state index contributed by atoms with van der Waals surface area (Å²) in [5, 5.41) is 17.8. The lowest BCUT2D eigenvalue weighted by Crippen LogP contribution is -2.02. The van der Waals surface area contributed by atoms with Gasteiger partial charge in [0.25, 0.3) is 0 Å². The number of nitrogen functional groups attached to an aromatic ring is 1. The third-order valence-corrected chi connectivity index (χ3v) is 4.51. The molecule has 8 heteroatoms. The Morgan fingerprint density at radius 3 is 2.96 bits per heavy atom. The highest BCUT2D eigenvalue weighted by atomic mass is 15.3. The molecular formula is C19H16N8. The van der Waals surface area contributed by atoms with Crippen LogP contribution >= 0.6 is 0 Å². The van der Waals surface area contributed by atoms with E-state index in [2.05, 4.69) is 48.7 Å². The van der Waals surface area contributed by atoms with Crippen LogP contribution in [0.15, 0.2) is 55.0 Å². The molecule has 8 nitrogen and oxygen atoms in total. The second kappa shape index (κ2) is 6.17. The molecule has 5 rings (SSSR count). The van der Waals surface area contributed by atoms with Crippen molar-refractivity contribution in [3.63, 3.8) is 0 Å². The Kier molecular flexibility index (Phi) is 3.53. The lowest BCUT2D eigenvalue weighted by molar-refractivity contribution is 0.676. The van der Waals surface area contributed by atoms with Gasteiger partial charge in [-0.1, -0.05) is 12.1 Å². The zero-order valence-electron chi connectivity index (χ0n) is 14.4. The minimum absolute atomic E-state index is 0.427. The number of pyridine rings is 2. The van der Waals surface area contributed by atoms with Crippen LogP contribution in [0, 0.1) is 0 Å². The van der Waals surface area contributed by atoms with Gasteiger partial charge in [0.1, 0.15) is 11.3 Å². The highest BCUT2D eigenvalue weighted by molar-refractivity contribution is 5.82. The number of fused-ring (bicyclic) bond motifs is 2. The Bertz CT molecular complexity index is 1250. The summed E-state index contributed by atoms with van der Waals surface area (Å²) in [6.45, 7) is 0.704. The van der Waals surface area contributed by atoms with Gasteiger partial charge in [-0.05, 0) is 40.8 Å². The largest absolute Gasteiger partial charge is 0.384 e. The molecule has 0 atom stereocenters. The molecule has 0 amide bonds. The molecule has 132 valence electrons. The summed E-state index contributed by atoms with van der Waals surface area (Å²) in [4.78, 5) is 8.32. The number of nitrogens with zero attached hydrogens (tertiary/aromatic N) is 6. The lowest BCUT2D eigenvalue weighted by Gasteiger charge is -2.04. The van der Waals surface area contributed by atoms with Crippen LogP contribution in [0.4, 0.5) is 5.82 Å². The van der Waals surface area contributed by atoms with E-state index in [1.54, 1.807) is 0 Å². The van der Waals surface area contributed by atoms with E-state index >= 15 is 0 Å². The van der Waals surface area contributed by atoms with Crippen LogP contribution in [-0.4, -0.2) is 35.2 Å².